The molecule has 0 aliphatic rings. The molecule has 0 bridgehead atoms. The van der Waals surface area contributed by atoms with Gasteiger partial charge < -0.3 is 4.90 Å². The minimum Gasteiger partial charge on any atom is -0.353 e. The molecular weight excluding hydrogens is 334 g/mol. The lowest BCUT2D eigenvalue weighted by Gasteiger charge is -2.05. The quantitative estimate of drug-likeness (QED) is 0.526. The highest BCUT2D eigenvalue weighted by Gasteiger charge is 2.15. The second kappa shape index (κ2) is 6.10. The van der Waals surface area contributed by atoms with Crippen molar-refractivity contribution in [2.75, 3.05) is 19.0 Å². The maximum Gasteiger partial charge on any atom is 0.204 e. The van der Waals surface area contributed by atoms with Gasteiger partial charge in [0, 0.05) is 35.9 Å². The molecule has 0 aromatic carbocycles. The fraction of sp³-hybridized carbons (Fsp3) is 0.429. The fourth-order valence-corrected chi connectivity index (χ4v) is 4.85. The van der Waals surface area contributed by atoms with Crippen LogP contribution in [0.3, 0.4) is 0 Å². The SMILES string of the molecule is Cc1nc(SCc2nsc(N(C)C)n2)c2c(C)c(C)sc2n1. The smallest absolute Gasteiger partial charge is 0.204 e. The van der Waals surface area contributed by atoms with Crippen LogP contribution in [0.1, 0.15) is 22.1 Å². The van der Waals surface area contributed by atoms with Crippen molar-refractivity contribution in [3.8, 4) is 0 Å². The molecule has 0 unspecified atom stereocenters. The summed E-state index contributed by atoms with van der Waals surface area (Å²) in [5, 5.41) is 3.15. The average molecular weight is 352 g/mol. The van der Waals surface area contributed by atoms with Crippen molar-refractivity contribution in [1.29, 1.82) is 0 Å². The lowest BCUT2D eigenvalue weighted by Crippen LogP contribution is -2.07. The first-order valence-electron chi connectivity index (χ1n) is 6.82. The van der Waals surface area contributed by atoms with Crippen LogP contribution in [0, 0.1) is 20.8 Å². The molecule has 0 aliphatic carbocycles. The zero-order valence-electron chi connectivity index (χ0n) is 13.2. The Morgan fingerprint density at radius 3 is 2.55 bits per heavy atom. The summed E-state index contributed by atoms with van der Waals surface area (Å²) >= 11 is 4.85. The van der Waals surface area contributed by atoms with E-state index in [1.54, 1.807) is 23.1 Å². The van der Waals surface area contributed by atoms with Gasteiger partial charge in [0.1, 0.15) is 15.7 Å². The van der Waals surface area contributed by atoms with Crippen molar-refractivity contribution >= 4 is 50.0 Å². The summed E-state index contributed by atoms with van der Waals surface area (Å²) in [6.07, 6.45) is 0. The molecule has 0 amide bonds. The lowest BCUT2D eigenvalue weighted by molar-refractivity contribution is 1.01. The van der Waals surface area contributed by atoms with E-state index < -0.39 is 0 Å². The number of thiophene rings is 1. The normalized spacial score (nSPS) is 11.3. The van der Waals surface area contributed by atoms with Gasteiger partial charge in [-0.1, -0.05) is 11.8 Å². The molecule has 3 rings (SSSR count). The number of rotatable bonds is 4. The van der Waals surface area contributed by atoms with Crippen LogP contribution < -0.4 is 4.90 Å². The van der Waals surface area contributed by atoms with Gasteiger partial charge >= 0.3 is 0 Å². The second-order valence-corrected chi connectivity index (χ2v) is 8.11. The first kappa shape index (κ1) is 15.6. The van der Waals surface area contributed by atoms with E-state index in [9.17, 15) is 0 Å². The third-order valence-corrected chi connectivity index (χ3v) is 6.28. The Labute approximate surface area is 142 Å². The molecular formula is C14H17N5S3. The minimum atomic E-state index is 0.726. The standard InChI is InChI=1S/C14H17N5S3/c1-7-8(2)21-13-11(7)12(15-9(3)16-13)20-6-10-17-14(19(4)5)22-18-10/h6H2,1-5H3. The molecule has 3 heterocycles. The van der Waals surface area contributed by atoms with Crippen molar-refractivity contribution in [1.82, 2.24) is 19.3 Å². The van der Waals surface area contributed by atoms with Gasteiger partial charge in [-0.25, -0.2) is 15.0 Å². The van der Waals surface area contributed by atoms with Crippen LogP contribution in [0.5, 0.6) is 0 Å². The van der Waals surface area contributed by atoms with Crippen LogP contribution in [-0.2, 0) is 5.75 Å². The molecule has 8 heteroatoms. The summed E-state index contributed by atoms with van der Waals surface area (Å²) in [7, 11) is 3.96. The number of aryl methyl sites for hydroxylation is 3. The van der Waals surface area contributed by atoms with Gasteiger partial charge in [-0.2, -0.15) is 4.37 Å². The predicted octanol–water partition coefficient (Wildman–Crippen LogP) is 3.83. The van der Waals surface area contributed by atoms with E-state index in [-0.39, 0.29) is 0 Å². The van der Waals surface area contributed by atoms with Crippen LogP contribution in [0.25, 0.3) is 10.2 Å². The van der Waals surface area contributed by atoms with Gasteiger partial charge in [-0.15, -0.1) is 11.3 Å². The van der Waals surface area contributed by atoms with E-state index in [1.807, 2.05) is 25.9 Å². The van der Waals surface area contributed by atoms with E-state index in [0.717, 1.165) is 32.4 Å². The summed E-state index contributed by atoms with van der Waals surface area (Å²) in [6.45, 7) is 6.22. The molecule has 0 aliphatic heterocycles. The number of thioether (sulfide) groups is 1. The molecule has 0 saturated heterocycles. The van der Waals surface area contributed by atoms with Gasteiger partial charge in [0.05, 0.1) is 5.75 Å². The first-order chi connectivity index (χ1) is 10.5. The third kappa shape index (κ3) is 2.95. The van der Waals surface area contributed by atoms with Crippen LogP contribution in [0.2, 0.25) is 0 Å². The third-order valence-electron chi connectivity index (χ3n) is 3.29. The van der Waals surface area contributed by atoms with Crippen LogP contribution in [-0.4, -0.2) is 33.4 Å². The summed E-state index contributed by atoms with van der Waals surface area (Å²) in [5.74, 6) is 2.40. The van der Waals surface area contributed by atoms with Gasteiger partial charge in [-0.3, -0.25) is 0 Å². The summed E-state index contributed by atoms with van der Waals surface area (Å²) in [5.41, 5.74) is 1.28. The van der Waals surface area contributed by atoms with Gasteiger partial charge in [0.15, 0.2) is 5.82 Å². The van der Waals surface area contributed by atoms with E-state index in [2.05, 4.69) is 33.2 Å². The Bertz CT molecular complexity index is 821. The summed E-state index contributed by atoms with van der Waals surface area (Å²) < 4.78 is 4.41. The van der Waals surface area contributed by atoms with Gasteiger partial charge in [-0.05, 0) is 26.3 Å². The molecule has 0 N–H and O–H groups in total. The lowest BCUT2D eigenvalue weighted by atomic mass is 10.2. The molecule has 0 spiro atoms. The number of fused-ring (bicyclic) bond motifs is 1. The Morgan fingerprint density at radius 2 is 1.86 bits per heavy atom. The van der Waals surface area contributed by atoms with E-state index in [0.29, 0.717) is 0 Å². The molecule has 3 aromatic heterocycles. The van der Waals surface area contributed by atoms with E-state index in [4.69, 9.17) is 0 Å². The number of hydrogen-bond acceptors (Lipinski definition) is 8. The largest absolute Gasteiger partial charge is 0.353 e. The monoisotopic (exact) mass is 351 g/mol. The highest BCUT2D eigenvalue weighted by molar-refractivity contribution is 7.98. The molecule has 0 saturated carbocycles. The van der Waals surface area contributed by atoms with Crippen LogP contribution in [0.4, 0.5) is 5.13 Å². The van der Waals surface area contributed by atoms with Crippen molar-refractivity contribution in [3.05, 3.63) is 22.1 Å². The van der Waals surface area contributed by atoms with Gasteiger partial charge in [0.2, 0.25) is 5.13 Å². The Hall–Kier alpha value is -1.25. The molecule has 0 radical (unpaired) electrons. The zero-order valence-corrected chi connectivity index (χ0v) is 15.6. The molecule has 3 aromatic rings. The second-order valence-electron chi connectivity index (χ2n) is 5.22. The highest BCUT2D eigenvalue weighted by atomic mass is 32.2. The molecule has 22 heavy (non-hydrogen) atoms. The maximum atomic E-state index is 4.63. The van der Waals surface area contributed by atoms with Gasteiger partial charge in [0.25, 0.3) is 0 Å². The molecule has 0 fully saturated rings. The van der Waals surface area contributed by atoms with Crippen LogP contribution in [0.15, 0.2) is 5.03 Å². The van der Waals surface area contributed by atoms with Crippen LogP contribution >= 0.6 is 34.6 Å². The summed E-state index contributed by atoms with van der Waals surface area (Å²) in [6, 6.07) is 0. The molecule has 116 valence electrons. The maximum absolute atomic E-state index is 4.63. The molecule has 0 atom stereocenters. The highest BCUT2D eigenvalue weighted by Crippen LogP contribution is 2.36. The Morgan fingerprint density at radius 1 is 1.09 bits per heavy atom. The number of nitrogens with zero attached hydrogens (tertiary/aromatic N) is 5. The van der Waals surface area contributed by atoms with E-state index >= 15 is 0 Å². The van der Waals surface area contributed by atoms with Crippen molar-refractivity contribution in [2.45, 2.75) is 31.6 Å². The van der Waals surface area contributed by atoms with Crippen molar-refractivity contribution < 1.29 is 0 Å². The predicted molar refractivity (Wildman–Crippen MR) is 95.4 cm³/mol. The zero-order chi connectivity index (χ0) is 15.9. The Balaban J connectivity index is 1.89. The minimum absolute atomic E-state index is 0.726. The number of hydrogen-bond donors (Lipinski definition) is 0. The van der Waals surface area contributed by atoms with Crippen molar-refractivity contribution in [2.24, 2.45) is 0 Å². The molecule has 5 nitrogen and oxygen atoms in total. The average Bonchev–Trinajstić information content (AvgIpc) is 3.02. The number of aromatic nitrogens is 4. The number of anilines is 1. The summed E-state index contributed by atoms with van der Waals surface area (Å²) in [4.78, 5) is 18.1. The van der Waals surface area contributed by atoms with Crippen molar-refractivity contribution in [3.63, 3.8) is 0 Å². The fourth-order valence-electron chi connectivity index (χ4n) is 2.04. The van der Waals surface area contributed by atoms with E-state index in [1.165, 1.54) is 27.4 Å². The topological polar surface area (TPSA) is 54.8 Å². The first-order valence-corrected chi connectivity index (χ1v) is 9.40. The Kier molecular flexibility index (Phi) is 4.33.